The summed E-state index contributed by atoms with van der Waals surface area (Å²) in [6.45, 7) is 3.25. The Kier molecular flexibility index (Phi) is 4.49. The minimum absolute atomic E-state index is 0.0836. The van der Waals surface area contributed by atoms with E-state index in [1.807, 2.05) is 0 Å². The van der Waals surface area contributed by atoms with Crippen molar-refractivity contribution in [3.8, 4) is 0 Å². The van der Waals surface area contributed by atoms with Gasteiger partial charge in [0.15, 0.2) is 0 Å². The molecule has 1 aliphatic rings. The van der Waals surface area contributed by atoms with E-state index in [-0.39, 0.29) is 22.7 Å². The van der Waals surface area contributed by atoms with E-state index in [1.165, 1.54) is 0 Å². The standard InChI is InChI=1S/C12H16N2O4S/c1-3-18-12(16)10-13-9(7-19-10)11(15)14(2)8-4-5-17-6-8/h7-8H,3-6H2,1-2H3. The lowest BCUT2D eigenvalue weighted by atomic mass is 10.2. The Morgan fingerprint density at radius 2 is 2.42 bits per heavy atom. The number of hydrogen-bond donors (Lipinski definition) is 0. The maximum atomic E-state index is 12.2. The molecule has 1 aromatic heterocycles. The van der Waals surface area contributed by atoms with Gasteiger partial charge in [0, 0.05) is 19.0 Å². The molecule has 0 radical (unpaired) electrons. The van der Waals surface area contributed by atoms with Gasteiger partial charge in [-0.25, -0.2) is 9.78 Å². The van der Waals surface area contributed by atoms with E-state index in [9.17, 15) is 9.59 Å². The van der Waals surface area contributed by atoms with Crippen LogP contribution < -0.4 is 0 Å². The zero-order valence-electron chi connectivity index (χ0n) is 10.9. The summed E-state index contributed by atoms with van der Waals surface area (Å²) in [5.74, 6) is -0.680. The van der Waals surface area contributed by atoms with Crippen molar-refractivity contribution in [2.24, 2.45) is 0 Å². The number of rotatable bonds is 4. The van der Waals surface area contributed by atoms with E-state index in [0.717, 1.165) is 17.8 Å². The molecule has 0 N–H and O–H groups in total. The Bertz CT molecular complexity index is 468. The van der Waals surface area contributed by atoms with Gasteiger partial charge in [0.25, 0.3) is 5.91 Å². The third-order valence-corrected chi connectivity index (χ3v) is 3.77. The molecule has 0 bridgehead atoms. The normalized spacial score (nSPS) is 18.3. The van der Waals surface area contributed by atoms with Crippen molar-refractivity contribution >= 4 is 23.2 Å². The first-order chi connectivity index (χ1) is 9.13. The summed E-state index contributed by atoms with van der Waals surface area (Å²) in [7, 11) is 1.73. The molecule has 0 aromatic carbocycles. The van der Waals surface area contributed by atoms with Crippen LogP contribution in [0.15, 0.2) is 5.38 Å². The van der Waals surface area contributed by atoms with E-state index in [0.29, 0.717) is 19.8 Å². The fourth-order valence-corrected chi connectivity index (χ4v) is 2.52. The van der Waals surface area contributed by atoms with Gasteiger partial charge in [0.1, 0.15) is 5.69 Å². The number of aromatic nitrogens is 1. The number of esters is 1. The second kappa shape index (κ2) is 6.12. The van der Waals surface area contributed by atoms with Gasteiger partial charge in [-0.05, 0) is 13.3 Å². The van der Waals surface area contributed by atoms with Crippen molar-refractivity contribution in [3.05, 3.63) is 16.1 Å². The molecule has 104 valence electrons. The lowest BCUT2D eigenvalue weighted by molar-refractivity contribution is 0.0525. The van der Waals surface area contributed by atoms with Crippen LogP contribution in [0.1, 0.15) is 33.6 Å². The average molecular weight is 284 g/mol. The highest BCUT2D eigenvalue weighted by Crippen LogP contribution is 2.16. The summed E-state index contributed by atoms with van der Waals surface area (Å²) in [5.41, 5.74) is 0.280. The SMILES string of the molecule is CCOC(=O)c1nc(C(=O)N(C)C2CCOC2)cs1. The van der Waals surface area contributed by atoms with Crippen LogP contribution in [-0.2, 0) is 9.47 Å². The molecule has 1 amide bonds. The fraction of sp³-hybridized carbons (Fsp3) is 0.583. The maximum Gasteiger partial charge on any atom is 0.367 e. The highest BCUT2D eigenvalue weighted by Gasteiger charge is 2.27. The molecule has 1 saturated heterocycles. The third kappa shape index (κ3) is 3.10. The molecule has 2 heterocycles. The zero-order valence-corrected chi connectivity index (χ0v) is 11.7. The summed E-state index contributed by atoms with van der Waals surface area (Å²) in [5, 5.41) is 1.79. The van der Waals surface area contributed by atoms with E-state index in [2.05, 4.69) is 4.98 Å². The molecule has 6 nitrogen and oxygen atoms in total. The van der Waals surface area contributed by atoms with Gasteiger partial charge >= 0.3 is 5.97 Å². The number of likely N-dealkylation sites (N-methyl/N-ethyl adjacent to an activating group) is 1. The smallest absolute Gasteiger partial charge is 0.367 e. The van der Waals surface area contributed by atoms with Gasteiger partial charge in [0.2, 0.25) is 5.01 Å². The van der Waals surface area contributed by atoms with Crippen molar-refractivity contribution in [1.29, 1.82) is 0 Å². The Labute approximate surface area is 115 Å². The first kappa shape index (κ1) is 14.0. The second-order valence-corrected chi connectivity index (χ2v) is 5.05. The number of ether oxygens (including phenoxy) is 2. The molecular formula is C12H16N2O4S. The first-order valence-corrected chi connectivity index (χ1v) is 6.99. The summed E-state index contributed by atoms with van der Waals surface area (Å²) in [4.78, 5) is 29.3. The third-order valence-electron chi connectivity index (χ3n) is 2.95. The van der Waals surface area contributed by atoms with Crippen LogP contribution in [-0.4, -0.2) is 54.7 Å². The Morgan fingerprint density at radius 3 is 3.05 bits per heavy atom. The van der Waals surface area contributed by atoms with Crippen molar-refractivity contribution in [2.75, 3.05) is 26.9 Å². The largest absolute Gasteiger partial charge is 0.461 e. The van der Waals surface area contributed by atoms with Crippen molar-refractivity contribution < 1.29 is 19.1 Å². The molecule has 1 aromatic rings. The maximum absolute atomic E-state index is 12.2. The molecule has 0 spiro atoms. The molecule has 1 fully saturated rings. The van der Waals surface area contributed by atoms with Crippen molar-refractivity contribution in [1.82, 2.24) is 9.88 Å². The number of hydrogen-bond acceptors (Lipinski definition) is 6. The van der Waals surface area contributed by atoms with Gasteiger partial charge in [-0.15, -0.1) is 11.3 Å². The molecule has 2 rings (SSSR count). The van der Waals surface area contributed by atoms with Crippen LogP contribution in [0.25, 0.3) is 0 Å². The quantitative estimate of drug-likeness (QED) is 0.777. The lowest BCUT2D eigenvalue weighted by Crippen LogP contribution is -2.37. The van der Waals surface area contributed by atoms with Crippen LogP contribution in [0.2, 0.25) is 0 Å². The highest BCUT2D eigenvalue weighted by atomic mass is 32.1. The predicted octanol–water partition coefficient (Wildman–Crippen LogP) is 1.18. The molecule has 1 unspecified atom stereocenters. The van der Waals surface area contributed by atoms with E-state index >= 15 is 0 Å². The number of carbonyl (C=O) groups is 2. The summed E-state index contributed by atoms with van der Waals surface area (Å²) in [6, 6.07) is 0.0836. The van der Waals surface area contributed by atoms with Gasteiger partial charge in [0.05, 0.1) is 19.3 Å². The van der Waals surface area contributed by atoms with E-state index < -0.39 is 5.97 Å². The summed E-state index contributed by atoms with van der Waals surface area (Å²) in [6.07, 6.45) is 0.830. The monoisotopic (exact) mass is 284 g/mol. The van der Waals surface area contributed by atoms with Gasteiger partial charge in [-0.3, -0.25) is 4.79 Å². The topological polar surface area (TPSA) is 68.7 Å². The summed E-state index contributed by atoms with van der Waals surface area (Å²) < 4.78 is 10.1. The number of amides is 1. The lowest BCUT2D eigenvalue weighted by Gasteiger charge is -2.21. The average Bonchev–Trinajstić information content (AvgIpc) is 3.08. The number of nitrogens with zero attached hydrogens (tertiary/aromatic N) is 2. The molecule has 1 atom stereocenters. The minimum atomic E-state index is -0.488. The Balaban J connectivity index is 2.05. The first-order valence-electron chi connectivity index (χ1n) is 6.11. The van der Waals surface area contributed by atoms with Crippen LogP contribution in [0.4, 0.5) is 0 Å². The Morgan fingerprint density at radius 1 is 1.63 bits per heavy atom. The van der Waals surface area contributed by atoms with Gasteiger partial charge < -0.3 is 14.4 Å². The van der Waals surface area contributed by atoms with Gasteiger partial charge in [-0.1, -0.05) is 0 Å². The molecule has 0 saturated carbocycles. The predicted molar refractivity (Wildman–Crippen MR) is 69.4 cm³/mol. The molecular weight excluding hydrogens is 268 g/mol. The minimum Gasteiger partial charge on any atom is -0.461 e. The number of thiazole rings is 1. The summed E-state index contributed by atoms with van der Waals surface area (Å²) >= 11 is 1.12. The van der Waals surface area contributed by atoms with Crippen LogP contribution in [0.3, 0.4) is 0 Å². The van der Waals surface area contributed by atoms with E-state index in [1.54, 1.807) is 24.3 Å². The molecule has 1 aliphatic heterocycles. The molecule has 7 heteroatoms. The zero-order chi connectivity index (χ0) is 13.8. The van der Waals surface area contributed by atoms with Crippen molar-refractivity contribution in [2.45, 2.75) is 19.4 Å². The highest BCUT2D eigenvalue weighted by molar-refractivity contribution is 7.11. The van der Waals surface area contributed by atoms with E-state index in [4.69, 9.17) is 9.47 Å². The van der Waals surface area contributed by atoms with Crippen LogP contribution in [0, 0.1) is 0 Å². The van der Waals surface area contributed by atoms with Crippen LogP contribution >= 0.6 is 11.3 Å². The second-order valence-electron chi connectivity index (χ2n) is 4.19. The molecule has 19 heavy (non-hydrogen) atoms. The fourth-order valence-electron chi connectivity index (χ4n) is 1.83. The Hall–Kier alpha value is -1.47. The van der Waals surface area contributed by atoms with Gasteiger partial charge in [-0.2, -0.15) is 0 Å². The van der Waals surface area contributed by atoms with Crippen molar-refractivity contribution in [3.63, 3.8) is 0 Å². The molecule has 0 aliphatic carbocycles. The van der Waals surface area contributed by atoms with Crippen LogP contribution in [0.5, 0.6) is 0 Å². The number of carbonyl (C=O) groups excluding carboxylic acids is 2.